The summed E-state index contributed by atoms with van der Waals surface area (Å²) in [5, 5.41) is 13.8. The molecule has 0 heterocycles. The summed E-state index contributed by atoms with van der Waals surface area (Å²) in [5.41, 5.74) is -0.146. The zero-order valence-corrected chi connectivity index (χ0v) is 15.9. The number of carbonyl (C=O) groups excluding carboxylic acids is 1. The van der Waals surface area contributed by atoms with Gasteiger partial charge in [-0.25, -0.2) is 8.42 Å². The lowest BCUT2D eigenvalue weighted by Crippen LogP contribution is -2.52. The number of hydrogen-bond donors (Lipinski definition) is 1. The molecule has 0 spiro atoms. The Bertz CT molecular complexity index is 733. The maximum Gasteiger partial charge on any atom is 0.271 e. The Morgan fingerprint density at radius 2 is 1.92 bits per heavy atom. The number of non-ortho nitro benzene ring substituents is 1. The van der Waals surface area contributed by atoms with Crippen LogP contribution in [0.15, 0.2) is 24.3 Å². The van der Waals surface area contributed by atoms with E-state index in [-0.39, 0.29) is 29.8 Å². The van der Waals surface area contributed by atoms with E-state index >= 15 is 0 Å². The highest BCUT2D eigenvalue weighted by Crippen LogP contribution is 2.26. The Hall–Kier alpha value is -2.16. The van der Waals surface area contributed by atoms with Crippen molar-refractivity contribution < 1.29 is 18.1 Å². The van der Waals surface area contributed by atoms with Gasteiger partial charge in [0, 0.05) is 18.2 Å². The molecule has 0 fully saturated rings. The first-order valence-corrected chi connectivity index (χ1v) is 9.88. The van der Waals surface area contributed by atoms with E-state index in [1.807, 2.05) is 20.8 Å². The minimum absolute atomic E-state index is 0.0934. The average Bonchev–Trinajstić information content (AvgIpc) is 2.50. The molecule has 0 unspecified atom stereocenters. The molecule has 25 heavy (non-hydrogen) atoms. The van der Waals surface area contributed by atoms with Crippen LogP contribution in [0.3, 0.4) is 0 Å². The summed E-state index contributed by atoms with van der Waals surface area (Å²) in [4.78, 5) is 23.0. The number of nitrogens with zero attached hydrogens (tertiary/aromatic N) is 2. The van der Waals surface area contributed by atoms with Crippen molar-refractivity contribution in [3.05, 3.63) is 34.4 Å². The van der Waals surface area contributed by atoms with Gasteiger partial charge in [-0.05, 0) is 25.3 Å². The molecule has 2 atom stereocenters. The quantitative estimate of drug-likeness (QED) is 0.557. The summed E-state index contributed by atoms with van der Waals surface area (Å²) in [7, 11) is -3.82. The van der Waals surface area contributed by atoms with Crippen LogP contribution in [0.5, 0.6) is 0 Å². The molecule has 9 heteroatoms. The number of nitro groups is 1. The number of nitro benzene ring substituents is 1. The lowest BCUT2D eigenvalue weighted by molar-refractivity contribution is -0.384. The molecule has 0 aliphatic rings. The van der Waals surface area contributed by atoms with Crippen LogP contribution < -0.4 is 9.62 Å². The molecule has 0 aliphatic heterocycles. The van der Waals surface area contributed by atoms with Crippen LogP contribution in [-0.4, -0.2) is 37.6 Å². The second-order valence-electron chi connectivity index (χ2n) is 6.30. The third-order valence-corrected chi connectivity index (χ3v) is 5.17. The molecule has 0 radical (unpaired) electrons. The van der Waals surface area contributed by atoms with Crippen molar-refractivity contribution in [2.24, 2.45) is 5.92 Å². The van der Waals surface area contributed by atoms with Crippen LogP contribution in [0, 0.1) is 16.0 Å². The number of anilines is 1. The van der Waals surface area contributed by atoms with E-state index in [0.717, 1.165) is 16.6 Å². The number of amides is 1. The molecule has 140 valence electrons. The minimum atomic E-state index is -3.82. The molecule has 0 saturated carbocycles. The fourth-order valence-electron chi connectivity index (χ4n) is 2.29. The molecule has 8 nitrogen and oxygen atoms in total. The molecule has 1 N–H and O–H groups in total. The SMILES string of the molecule is CC[C@@H](C(=O)N[C@H](C)C(C)C)N(c1cccc([N+](=O)[O-])c1)S(C)(=O)=O. The van der Waals surface area contributed by atoms with E-state index in [1.54, 1.807) is 6.92 Å². The van der Waals surface area contributed by atoms with E-state index in [1.165, 1.54) is 18.2 Å². The Morgan fingerprint density at radius 1 is 1.32 bits per heavy atom. The summed E-state index contributed by atoms with van der Waals surface area (Å²) in [6.07, 6.45) is 1.21. The van der Waals surface area contributed by atoms with E-state index < -0.39 is 26.9 Å². The maximum absolute atomic E-state index is 12.6. The zero-order valence-electron chi connectivity index (χ0n) is 15.1. The Balaban J connectivity index is 3.31. The second-order valence-corrected chi connectivity index (χ2v) is 8.16. The third-order valence-electron chi connectivity index (χ3n) is 3.99. The molecule has 0 aromatic heterocycles. The largest absolute Gasteiger partial charge is 0.352 e. The van der Waals surface area contributed by atoms with Gasteiger partial charge in [0.2, 0.25) is 15.9 Å². The number of sulfonamides is 1. The minimum Gasteiger partial charge on any atom is -0.352 e. The van der Waals surface area contributed by atoms with Crippen molar-refractivity contribution in [2.75, 3.05) is 10.6 Å². The van der Waals surface area contributed by atoms with E-state index in [2.05, 4.69) is 5.32 Å². The van der Waals surface area contributed by atoms with Gasteiger partial charge in [0.15, 0.2) is 0 Å². The van der Waals surface area contributed by atoms with Gasteiger partial charge in [0.05, 0.1) is 16.9 Å². The summed E-state index contributed by atoms with van der Waals surface area (Å²) in [6, 6.07) is 4.14. The van der Waals surface area contributed by atoms with E-state index in [4.69, 9.17) is 0 Å². The molecule has 0 aliphatic carbocycles. The van der Waals surface area contributed by atoms with Crippen LogP contribution in [-0.2, 0) is 14.8 Å². The van der Waals surface area contributed by atoms with Gasteiger partial charge in [-0.2, -0.15) is 0 Å². The van der Waals surface area contributed by atoms with Crippen molar-refractivity contribution in [3.8, 4) is 0 Å². The van der Waals surface area contributed by atoms with Crippen molar-refractivity contribution >= 4 is 27.3 Å². The van der Waals surface area contributed by atoms with Crippen molar-refractivity contribution in [2.45, 2.75) is 46.2 Å². The monoisotopic (exact) mass is 371 g/mol. The van der Waals surface area contributed by atoms with E-state index in [9.17, 15) is 23.3 Å². The highest BCUT2D eigenvalue weighted by Gasteiger charge is 2.33. The van der Waals surface area contributed by atoms with Gasteiger partial charge in [-0.3, -0.25) is 19.2 Å². The molecule has 0 bridgehead atoms. The Morgan fingerprint density at radius 3 is 2.36 bits per heavy atom. The van der Waals surface area contributed by atoms with Crippen LogP contribution in [0.2, 0.25) is 0 Å². The summed E-state index contributed by atoms with van der Waals surface area (Å²) >= 11 is 0. The topological polar surface area (TPSA) is 110 Å². The van der Waals surface area contributed by atoms with Crippen molar-refractivity contribution in [1.82, 2.24) is 5.32 Å². The smallest absolute Gasteiger partial charge is 0.271 e. The second kappa shape index (κ2) is 8.28. The highest BCUT2D eigenvalue weighted by atomic mass is 32.2. The number of hydrogen-bond acceptors (Lipinski definition) is 5. The lowest BCUT2D eigenvalue weighted by Gasteiger charge is -2.31. The predicted octanol–water partition coefficient (Wildman–Crippen LogP) is 2.30. The van der Waals surface area contributed by atoms with Gasteiger partial charge in [0.1, 0.15) is 6.04 Å². The average molecular weight is 371 g/mol. The molecule has 1 amide bonds. The molecule has 1 rings (SSSR count). The summed E-state index contributed by atoms with van der Waals surface area (Å²) in [5.74, 6) is -0.244. The first-order chi connectivity index (χ1) is 11.5. The van der Waals surface area contributed by atoms with Gasteiger partial charge < -0.3 is 5.32 Å². The molecular weight excluding hydrogens is 346 g/mol. The first-order valence-electron chi connectivity index (χ1n) is 8.03. The predicted molar refractivity (Wildman–Crippen MR) is 96.9 cm³/mol. The van der Waals surface area contributed by atoms with Crippen molar-refractivity contribution in [1.29, 1.82) is 0 Å². The maximum atomic E-state index is 12.6. The number of carbonyl (C=O) groups is 1. The standard InChI is InChI=1S/C16H25N3O5S/c1-6-15(16(20)17-12(4)11(2)3)18(25(5,23)24)13-8-7-9-14(10-13)19(21)22/h7-12,15H,6H2,1-5H3,(H,17,20)/t12-,15+/m1/s1. The highest BCUT2D eigenvalue weighted by molar-refractivity contribution is 7.92. The Labute approximate surface area is 148 Å². The normalized spacial score (nSPS) is 14.0. The van der Waals surface area contributed by atoms with Gasteiger partial charge in [0.25, 0.3) is 5.69 Å². The van der Waals surface area contributed by atoms with Gasteiger partial charge in [-0.15, -0.1) is 0 Å². The fourth-order valence-corrected chi connectivity index (χ4v) is 3.49. The molecule has 0 saturated heterocycles. The molecule has 1 aromatic rings. The van der Waals surface area contributed by atoms with Gasteiger partial charge >= 0.3 is 0 Å². The molecule has 1 aromatic carbocycles. The first kappa shape index (κ1) is 20.9. The van der Waals surface area contributed by atoms with Crippen molar-refractivity contribution in [3.63, 3.8) is 0 Å². The van der Waals surface area contributed by atoms with Crippen LogP contribution in [0.1, 0.15) is 34.1 Å². The third kappa shape index (κ3) is 5.42. The van der Waals surface area contributed by atoms with Crippen LogP contribution in [0.4, 0.5) is 11.4 Å². The zero-order chi connectivity index (χ0) is 19.4. The van der Waals surface area contributed by atoms with Gasteiger partial charge in [-0.1, -0.05) is 26.8 Å². The van der Waals surface area contributed by atoms with Crippen LogP contribution in [0.25, 0.3) is 0 Å². The number of nitrogens with one attached hydrogen (secondary N) is 1. The summed E-state index contributed by atoms with van der Waals surface area (Å²) in [6.45, 7) is 7.43. The lowest BCUT2D eigenvalue weighted by atomic mass is 10.1. The van der Waals surface area contributed by atoms with E-state index in [0.29, 0.717) is 0 Å². The Kier molecular flexibility index (Phi) is 6.92. The fraction of sp³-hybridized carbons (Fsp3) is 0.562. The number of benzene rings is 1. The number of rotatable bonds is 8. The summed E-state index contributed by atoms with van der Waals surface area (Å²) < 4.78 is 25.6. The van der Waals surface area contributed by atoms with Crippen LogP contribution >= 0.6 is 0 Å². The molecular formula is C16H25N3O5S.